The molecule has 164 valence electrons. The maximum absolute atomic E-state index is 12.9. The summed E-state index contributed by atoms with van der Waals surface area (Å²) in [7, 11) is 0. The molecule has 5 amide bonds. The van der Waals surface area contributed by atoms with E-state index in [1.165, 1.54) is 24.3 Å². The van der Waals surface area contributed by atoms with Gasteiger partial charge in [0.05, 0.1) is 17.7 Å². The summed E-state index contributed by atoms with van der Waals surface area (Å²) in [5.41, 5.74) is 1.01. The van der Waals surface area contributed by atoms with Gasteiger partial charge in [-0.1, -0.05) is 6.07 Å². The highest BCUT2D eigenvalue weighted by Crippen LogP contribution is 2.28. The van der Waals surface area contributed by atoms with Crippen molar-refractivity contribution in [3.63, 3.8) is 0 Å². The van der Waals surface area contributed by atoms with Crippen LogP contribution in [0.3, 0.4) is 0 Å². The lowest BCUT2D eigenvalue weighted by atomic mass is 10.0. The Bertz CT molecular complexity index is 1130. The normalized spacial score (nSPS) is 17.8. The van der Waals surface area contributed by atoms with Crippen molar-refractivity contribution < 1.29 is 28.7 Å². The number of benzene rings is 1. The van der Waals surface area contributed by atoms with Gasteiger partial charge in [-0.25, -0.2) is 0 Å². The number of fused-ring (bicyclic) bond motifs is 1. The maximum atomic E-state index is 12.9. The van der Waals surface area contributed by atoms with Gasteiger partial charge >= 0.3 is 0 Å². The molecule has 4 rings (SSSR count). The molecular formula is C21H19N5O6. The SMILES string of the molecule is CCOc1ccc(C(=O)NCc2ccc3c(c2)C(=O)N(C2CCC(=O)NC2=O)C3=O)nn1. The Hall–Kier alpha value is -4.15. The first-order chi connectivity index (χ1) is 15.4. The zero-order valence-corrected chi connectivity index (χ0v) is 17.1. The van der Waals surface area contributed by atoms with Gasteiger partial charge in [-0.3, -0.25) is 34.2 Å². The summed E-state index contributed by atoms with van der Waals surface area (Å²) in [4.78, 5) is 62.3. The van der Waals surface area contributed by atoms with Gasteiger partial charge in [-0.15, -0.1) is 10.2 Å². The average Bonchev–Trinajstić information content (AvgIpc) is 3.03. The van der Waals surface area contributed by atoms with Crippen LogP contribution in [0.4, 0.5) is 0 Å². The number of carbonyl (C=O) groups is 5. The molecule has 0 bridgehead atoms. The molecule has 0 saturated carbocycles. The van der Waals surface area contributed by atoms with E-state index in [0.717, 1.165) is 4.90 Å². The van der Waals surface area contributed by atoms with Gasteiger partial charge in [0.25, 0.3) is 17.7 Å². The van der Waals surface area contributed by atoms with Gasteiger partial charge in [0, 0.05) is 19.0 Å². The van der Waals surface area contributed by atoms with Crippen molar-refractivity contribution in [1.29, 1.82) is 0 Å². The lowest BCUT2D eigenvalue weighted by Crippen LogP contribution is -2.54. The van der Waals surface area contributed by atoms with Gasteiger partial charge in [-0.2, -0.15) is 0 Å². The number of carbonyl (C=O) groups excluding carboxylic acids is 5. The van der Waals surface area contributed by atoms with Crippen LogP contribution in [0.5, 0.6) is 5.88 Å². The minimum absolute atomic E-state index is 0.0511. The first-order valence-corrected chi connectivity index (χ1v) is 9.98. The predicted octanol–water partition coefficient (Wildman–Crippen LogP) is 0.207. The van der Waals surface area contributed by atoms with E-state index in [9.17, 15) is 24.0 Å². The third-order valence-corrected chi connectivity index (χ3v) is 5.12. The van der Waals surface area contributed by atoms with Crippen LogP contribution < -0.4 is 15.4 Å². The number of amides is 5. The molecule has 0 radical (unpaired) electrons. The van der Waals surface area contributed by atoms with Crippen molar-refractivity contribution in [2.24, 2.45) is 0 Å². The number of imide groups is 2. The van der Waals surface area contributed by atoms with Crippen LogP contribution in [0.25, 0.3) is 0 Å². The zero-order chi connectivity index (χ0) is 22.8. The lowest BCUT2D eigenvalue weighted by molar-refractivity contribution is -0.136. The molecule has 1 fully saturated rings. The number of hydrogen-bond donors (Lipinski definition) is 2. The average molecular weight is 437 g/mol. The summed E-state index contributed by atoms with van der Waals surface area (Å²) in [6.45, 7) is 2.32. The first kappa shape index (κ1) is 21.1. The van der Waals surface area contributed by atoms with Gasteiger partial charge in [0.2, 0.25) is 17.7 Å². The summed E-state index contributed by atoms with van der Waals surface area (Å²) in [6, 6.07) is 6.60. The Balaban J connectivity index is 1.45. The Morgan fingerprint density at radius 1 is 1.12 bits per heavy atom. The molecule has 1 saturated heterocycles. The molecule has 2 aliphatic heterocycles. The summed E-state index contributed by atoms with van der Waals surface area (Å²) >= 11 is 0. The maximum Gasteiger partial charge on any atom is 0.272 e. The van der Waals surface area contributed by atoms with Crippen LogP contribution in [-0.4, -0.2) is 57.3 Å². The van der Waals surface area contributed by atoms with Crippen molar-refractivity contribution in [2.75, 3.05) is 6.61 Å². The van der Waals surface area contributed by atoms with E-state index in [0.29, 0.717) is 18.1 Å². The van der Waals surface area contributed by atoms with Crippen LogP contribution in [0.2, 0.25) is 0 Å². The number of nitrogens with zero attached hydrogens (tertiary/aromatic N) is 3. The van der Waals surface area contributed by atoms with Crippen LogP contribution in [0.15, 0.2) is 30.3 Å². The van der Waals surface area contributed by atoms with Crippen molar-refractivity contribution in [3.05, 3.63) is 52.7 Å². The summed E-state index contributed by atoms with van der Waals surface area (Å²) in [5, 5.41) is 12.4. The van der Waals surface area contributed by atoms with Crippen molar-refractivity contribution in [2.45, 2.75) is 32.4 Å². The number of ether oxygens (including phenoxy) is 1. The molecule has 1 aromatic carbocycles. The van der Waals surface area contributed by atoms with Crippen LogP contribution in [0, 0.1) is 0 Å². The summed E-state index contributed by atoms with van der Waals surface area (Å²) < 4.78 is 5.19. The first-order valence-electron chi connectivity index (χ1n) is 9.98. The van der Waals surface area contributed by atoms with Gasteiger partial charge in [-0.05, 0) is 37.1 Å². The largest absolute Gasteiger partial charge is 0.477 e. The topological polar surface area (TPSA) is 148 Å². The van der Waals surface area contributed by atoms with Crippen LogP contribution >= 0.6 is 0 Å². The highest BCUT2D eigenvalue weighted by Gasteiger charge is 2.44. The second-order valence-corrected chi connectivity index (χ2v) is 7.20. The van der Waals surface area contributed by atoms with Crippen LogP contribution in [-0.2, 0) is 16.1 Å². The lowest BCUT2D eigenvalue weighted by Gasteiger charge is -2.27. The van der Waals surface area contributed by atoms with Crippen molar-refractivity contribution >= 4 is 29.5 Å². The molecule has 11 nitrogen and oxygen atoms in total. The minimum Gasteiger partial charge on any atom is -0.477 e. The monoisotopic (exact) mass is 437 g/mol. The molecule has 0 spiro atoms. The standard InChI is InChI=1S/C21H19N5O6/c1-2-32-17-8-5-14(24-25-17)18(28)22-10-11-3-4-12-13(9-11)21(31)26(20(12)30)15-6-7-16(27)23-19(15)29/h3-5,8-9,15H,2,6-7,10H2,1H3,(H,22,28)(H,23,27,29). The minimum atomic E-state index is -1.03. The molecule has 1 unspecified atom stereocenters. The Kier molecular flexibility index (Phi) is 5.63. The van der Waals surface area contributed by atoms with E-state index in [-0.39, 0.29) is 36.2 Å². The van der Waals surface area contributed by atoms with E-state index in [1.54, 1.807) is 13.0 Å². The van der Waals surface area contributed by atoms with E-state index >= 15 is 0 Å². The third-order valence-electron chi connectivity index (χ3n) is 5.12. The van der Waals surface area contributed by atoms with E-state index in [1.807, 2.05) is 0 Å². The number of piperidine rings is 1. The van der Waals surface area contributed by atoms with Gasteiger partial charge in [0.1, 0.15) is 6.04 Å². The smallest absolute Gasteiger partial charge is 0.272 e. The Morgan fingerprint density at radius 2 is 1.91 bits per heavy atom. The quantitative estimate of drug-likeness (QED) is 0.610. The molecular weight excluding hydrogens is 418 g/mol. The van der Waals surface area contributed by atoms with Crippen molar-refractivity contribution in [3.8, 4) is 5.88 Å². The number of hydrogen-bond acceptors (Lipinski definition) is 8. The van der Waals surface area contributed by atoms with Crippen LogP contribution in [0.1, 0.15) is 56.5 Å². The second kappa shape index (κ2) is 8.53. The van der Waals surface area contributed by atoms with Gasteiger partial charge < -0.3 is 10.1 Å². The molecule has 0 aliphatic carbocycles. The van der Waals surface area contributed by atoms with E-state index in [2.05, 4.69) is 20.8 Å². The molecule has 2 aromatic rings. The van der Waals surface area contributed by atoms with Crippen molar-refractivity contribution in [1.82, 2.24) is 25.7 Å². The predicted molar refractivity (Wildman–Crippen MR) is 107 cm³/mol. The molecule has 32 heavy (non-hydrogen) atoms. The van der Waals surface area contributed by atoms with Gasteiger partial charge in [0.15, 0.2) is 5.69 Å². The molecule has 2 N–H and O–H groups in total. The molecule has 2 aliphatic rings. The molecule has 3 heterocycles. The Labute approximate surface area is 182 Å². The zero-order valence-electron chi connectivity index (χ0n) is 17.1. The van der Waals surface area contributed by atoms with E-state index < -0.39 is 35.6 Å². The number of rotatable bonds is 6. The summed E-state index contributed by atoms with van der Waals surface area (Å²) in [5.74, 6) is -2.44. The fourth-order valence-corrected chi connectivity index (χ4v) is 3.57. The molecule has 11 heteroatoms. The third kappa shape index (κ3) is 3.92. The fourth-order valence-electron chi connectivity index (χ4n) is 3.57. The second-order valence-electron chi connectivity index (χ2n) is 7.20. The highest BCUT2D eigenvalue weighted by molar-refractivity contribution is 6.23. The van der Waals surface area contributed by atoms with E-state index in [4.69, 9.17) is 4.74 Å². The number of nitrogens with one attached hydrogen (secondary N) is 2. The highest BCUT2D eigenvalue weighted by atomic mass is 16.5. The fraction of sp³-hybridized carbons (Fsp3) is 0.286. The molecule has 1 aromatic heterocycles. The Morgan fingerprint density at radius 3 is 2.59 bits per heavy atom. The summed E-state index contributed by atoms with van der Waals surface area (Å²) in [6.07, 6.45) is 0.137. The molecule has 1 atom stereocenters. The number of aromatic nitrogens is 2.